The molecule has 4 nitrogen and oxygen atoms in total. The summed E-state index contributed by atoms with van der Waals surface area (Å²) in [6, 6.07) is 0. The van der Waals surface area contributed by atoms with Gasteiger partial charge in [-0.1, -0.05) is 0 Å². The molecule has 0 spiro atoms. The summed E-state index contributed by atoms with van der Waals surface area (Å²) < 4.78 is 15.4. The highest BCUT2D eigenvalue weighted by molar-refractivity contribution is 5.76. The number of aliphatic hydroxyl groups is 2. The average Bonchev–Trinajstić information content (AvgIpc) is 1.86. The van der Waals surface area contributed by atoms with Crippen molar-refractivity contribution in [2.24, 2.45) is 0 Å². The number of carbonyl (C=O) groups is 1. The van der Waals surface area contributed by atoms with Gasteiger partial charge in [-0.3, -0.25) is 4.39 Å². The SMILES string of the molecule is COC(=O)C(O)(O)CCF. The van der Waals surface area contributed by atoms with E-state index in [0.717, 1.165) is 7.11 Å². The molecule has 10 heavy (non-hydrogen) atoms. The smallest absolute Gasteiger partial charge is 0.366 e. The van der Waals surface area contributed by atoms with E-state index in [4.69, 9.17) is 10.2 Å². The van der Waals surface area contributed by atoms with E-state index < -0.39 is 24.9 Å². The fourth-order valence-electron chi connectivity index (χ4n) is 0.397. The van der Waals surface area contributed by atoms with Gasteiger partial charge in [0.1, 0.15) is 0 Å². The molecule has 0 aliphatic heterocycles. The molecule has 0 saturated heterocycles. The van der Waals surface area contributed by atoms with E-state index in [1.807, 2.05) is 0 Å². The Kier molecular flexibility index (Phi) is 3.24. The Balaban J connectivity index is 3.96. The number of rotatable bonds is 3. The molecule has 2 N–H and O–H groups in total. The summed E-state index contributed by atoms with van der Waals surface area (Å²) in [7, 11) is 0.988. The minimum atomic E-state index is -2.68. The van der Waals surface area contributed by atoms with Crippen LogP contribution < -0.4 is 0 Å². The van der Waals surface area contributed by atoms with Crippen LogP contribution in [0.4, 0.5) is 4.39 Å². The molecular formula is C5H9FO4. The van der Waals surface area contributed by atoms with Gasteiger partial charge in [0.2, 0.25) is 0 Å². The van der Waals surface area contributed by atoms with Crippen molar-refractivity contribution in [1.29, 1.82) is 0 Å². The Morgan fingerprint density at radius 2 is 2.20 bits per heavy atom. The molecule has 0 rings (SSSR count). The first-order valence-electron chi connectivity index (χ1n) is 2.63. The summed E-state index contributed by atoms with van der Waals surface area (Å²) in [6.07, 6.45) is -0.667. The normalized spacial score (nSPS) is 11.2. The van der Waals surface area contributed by atoms with Crippen molar-refractivity contribution in [3.05, 3.63) is 0 Å². The average molecular weight is 152 g/mol. The van der Waals surface area contributed by atoms with Crippen LogP contribution in [0.5, 0.6) is 0 Å². The molecule has 5 heteroatoms. The number of hydrogen-bond donors (Lipinski definition) is 2. The van der Waals surface area contributed by atoms with Gasteiger partial charge in [0.15, 0.2) is 0 Å². The van der Waals surface area contributed by atoms with Gasteiger partial charge >= 0.3 is 5.97 Å². The fourth-order valence-corrected chi connectivity index (χ4v) is 0.397. The van der Waals surface area contributed by atoms with Crippen LogP contribution in [-0.4, -0.2) is 35.8 Å². The third kappa shape index (κ3) is 2.28. The van der Waals surface area contributed by atoms with E-state index in [9.17, 15) is 9.18 Å². The summed E-state index contributed by atoms with van der Waals surface area (Å²) in [4.78, 5) is 10.3. The van der Waals surface area contributed by atoms with Crippen molar-refractivity contribution in [2.45, 2.75) is 12.2 Å². The summed E-state index contributed by atoms with van der Waals surface area (Å²) in [5, 5.41) is 17.2. The molecule has 0 aromatic rings. The molecule has 60 valence electrons. The van der Waals surface area contributed by atoms with Crippen LogP contribution in [0.2, 0.25) is 0 Å². The van der Waals surface area contributed by atoms with Crippen molar-refractivity contribution < 1.29 is 24.1 Å². The lowest BCUT2D eigenvalue weighted by Gasteiger charge is -2.15. The zero-order valence-corrected chi connectivity index (χ0v) is 5.50. The van der Waals surface area contributed by atoms with Gasteiger partial charge in [-0.2, -0.15) is 0 Å². The molecule has 0 radical (unpaired) electrons. The zero-order chi connectivity index (χ0) is 8.20. The summed E-state index contributed by atoms with van der Waals surface area (Å²) in [5.41, 5.74) is 0. The summed E-state index contributed by atoms with van der Waals surface area (Å²) in [5.74, 6) is -3.92. The minimum Gasteiger partial charge on any atom is -0.465 e. The first kappa shape index (κ1) is 9.32. The van der Waals surface area contributed by atoms with Gasteiger partial charge in [0, 0.05) is 6.42 Å². The third-order valence-electron chi connectivity index (χ3n) is 0.955. The second-order valence-corrected chi connectivity index (χ2v) is 1.75. The van der Waals surface area contributed by atoms with Gasteiger partial charge in [0.25, 0.3) is 5.79 Å². The van der Waals surface area contributed by atoms with Gasteiger partial charge in [-0.25, -0.2) is 4.79 Å². The lowest BCUT2D eigenvalue weighted by molar-refractivity contribution is -0.209. The van der Waals surface area contributed by atoms with Gasteiger partial charge in [-0.05, 0) is 0 Å². The molecule has 0 unspecified atom stereocenters. The highest BCUT2D eigenvalue weighted by atomic mass is 19.1. The third-order valence-corrected chi connectivity index (χ3v) is 0.955. The first-order valence-corrected chi connectivity index (χ1v) is 2.63. The molecular weight excluding hydrogens is 143 g/mol. The maximum Gasteiger partial charge on any atom is 0.366 e. The predicted octanol–water partition coefficient (Wildman–Crippen LogP) is -0.800. The Hall–Kier alpha value is -0.680. The summed E-state index contributed by atoms with van der Waals surface area (Å²) in [6.45, 7) is -0.984. The van der Waals surface area contributed by atoms with E-state index >= 15 is 0 Å². The number of alkyl halides is 1. The molecule has 0 aromatic heterocycles. The van der Waals surface area contributed by atoms with Crippen molar-refractivity contribution in [1.82, 2.24) is 0 Å². The second-order valence-electron chi connectivity index (χ2n) is 1.75. The van der Waals surface area contributed by atoms with Crippen molar-refractivity contribution >= 4 is 5.97 Å². The molecule has 0 amide bonds. The van der Waals surface area contributed by atoms with Crippen LogP contribution in [0, 0.1) is 0 Å². The van der Waals surface area contributed by atoms with Crippen molar-refractivity contribution in [3.63, 3.8) is 0 Å². The van der Waals surface area contributed by atoms with Crippen LogP contribution >= 0.6 is 0 Å². The lowest BCUT2D eigenvalue weighted by atomic mass is 10.2. The largest absolute Gasteiger partial charge is 0.465 e. The van der Waals surface area contributed by atoms with E-state index in [0.29, 0.717) is 0 Å². The van der Waals surface area contributed by atoms with E-state index in [1.165, 1.54) is 0 Å². The molecule has 0 aliphatic rings. The maximum atomic E-state index is 11.5. The van der Waals surface area contributed by atoms with Crippen LogP contribution in [0.1, 0.15) is 6.42 Å². The molecule has 0 aromatic carbocycles. The van der Waals surface area contributed by atoms with Gasteiger partial charge in [-0.15, -0.1) is 0 Å². The molecule has 0 fully saturated rings. The van der Waals surface area contributed by atoms with Gasteiger partial charge < -0.3 is 14.9 Å². The topological polar surface area (TPSA) is 66.8 Å². The van der Waals surface area contributed by atoms with Crippen molar-refractivity contribution in [3.8, 4) is 0 Å². The fraction of sp³-hybridized carbons (Fsp3) is 0.800. The van der Waals surface area contributed by atoms with Crippen LogP contribution in [0.15, 0.2) is 0 Å². The highest BCUT2D eigenvalue weighted by Gasteiger charge is 2.33. The van der Waals surface area contributed by atoms with Gasteiger partial charge in [0.05, 0.1) is 13.8 Å². The van der Waals surface area contributed by atoms with Crippen molar-refractivity contribution in [2.75, 3.05) is 13.8 Å². The number of ether oxygens (including phenoxy) is 1. The quantitative estimate of drug-likeness (QED) is 0.410. The predicted molar refractivity (Wildman–Crippen MR) is 29.8 cm³/mol. The monoisotopic (exact) mass is 152 g/mol. The number of halogens is 1. The Bertz CT molecular complexity index is 123. The Morgan fingerprint density at radius 3 is 2.50 bits per heavy atom. The number of methoxy groups -OCH3 is 1. The Labute approximate surface area is 57.2 Å². The number of hydrogen-bond acceptors (Lipinski definition) is 4. The highest BCUT2D eigenvalue weighted by Crippen LogP contribution is 2.07. The molecule has 0 saturated carbocycles. The van der Waals surface area contributed by atoms with E-state index in [-0.39, 0.29) is 0 Å². The van der Waals surface area contributed by atoms with E-state index in [1.54, 1.807) is 0 Å². The lowest BCUT2D eigenvalue weighted by Crippen LogP contribution is -2.39. The standard InChI is InChI=1S/C5H9FO4/c1-10-4(7)5(8,9)2-3-6/h8-9H,2-3H2,1H3. The first-order chi connectivity index (χ1) is 4.54. The van der Waals surface area contributed by atoms with Crippen LogP contribution in [-0.2, 0) is 9.53 Å². The zero-order valence-electron chi connectivity index (χ0n) is 5.50. The van der Waals surface area contributed by atoms with E-state index in [2.05, 4.69) is 4.74 Å². The molecule has 0 aliphatic carbocycles. The minimum absolute atomic E-state index is 0.667. The molecule has 0 atom stereocenters. The van der Waals surface area contributed by atoms with Crippen LogP contribution in [0.3, 0.4) is 0 Å². The maximum absolute atomic E-state index is 11.5. The Morgan fingerprint density at radius 1 is 1.70 bits per heavy atom. The molecule has 0 bridgehead atoms. The number of carbonyl (C=O) groups excluding carboxylic acids is 1. The second kappa shape index (κ2) is 3.48. The molecule has 0 heterocycles. The van der Waals surface area contributed by atoms with Crippen LogP contribution in [0.25, 0.3) is 0 Å². The summed E-state index contributed by atoms with van der Waals surface area (Å²) >= 11 is 0. The number of esters is 1.